The standard InChI is InChI=1S/C12H10ClFN2O3/c13-6-1-2-7(8(14)5-6)11(18)15-9-3-4-10(17)16-12(9)19/h1-2,5,9H,3-4H2,(H,15,18)(H,16,17,19). The molecule has 1 aromatic carbocycles. The zero-order chi connectivity index (χ0) is 14.0. The normalized spacial score (nSPS) is 18.9. The molecule has 1 unspecified atom stereocenters. The third-order valence-corrected chi connectivity index (χ3v) is 2.96. The Morgan fingerprint density at radius 3 is 2.79 bits per heavy atom. The van der Waals surface area contributed by atoms with Crippen molar-refractivity contribution in [3.63, 3.8) is 0 Å². The van der Waals surface area contributed by atoms with Crippen molar-refractivity contribution in [1.29, 1.82) is 0 Å². The molecule has 1 atom stereocenters. The summed E-state index contributed by atoms with van der Waals surface area (Å²) in [7, 11) is 0. The molecule has 100 valence electrons. The van der Waals surface area contributed by atoms with E-state index in [-0.39, 0.29) is 29.3 Å². The van der Waals surface area contributed by atoms with E-state index >= 15 is 0 Å². The lowest BCUT2D eigenvalue weighted by atomic mass is 10.1. The summed E-state index contributed by atoms with van der Waals surface area (Å²) < 4.78 is 13.5. The third-order valence-electron chi connectivity index (χ3n) is 2.72. The SMILES string of the molecule is O=C1CCC(NC(=O)c2ccc(Cl)cc2F)C(=O)N1. The van der Waals surface area contributed by atoms with Crippen LogP contribution in [0.4, 0.5) is 4.39 Å². The lowest BCUT2D eigenvalue weighted by molar-refractivity contribution is -0.134. The Balaban J connectivity index is 2.09. The van der Waals surface area contributed by atoms with Crippen molar-refractivity contribution in [2.45, 2.75) is 18.9 Å². The van der Waals surface area contributed by atoms with Crippen molar-refractivity contribution in [1.82, 2.24) is 10.6 Å². The van der Waals surface area contributed by atoms with Crippen molar-refractivity contribution >= 4 is 29.3 Å². The minimum absolute atomic E-state index is 0.139. The summed E-state index contributed by atoms with van der Waals surface area (Å²) in [4.78, 5) is 34.2. The van der Waals surface area contributed by atoms with Crippen LogP contribution in [0.3, 0.4) is 0 Å². The number of hydrogen-bond acceptors (Lipinski definition) is 3. The maximum atomic E-state index is 13.5. The van der Waals surface area contributed by atoms with Gasteiger partial charge in [-0.3, -0.25) is 19.7 Å². The average Bonchev–Trinajstić information content (AvgIpc) is 2.32. The highest BCUT2D eigenvalue weighted by Gasteiger charge is 2.28. The lowest BCUT2D eigenvalue weighted by Gasteiger charge is -2.21. The van der Waals surface area contributed by atoms with Gasteiger partial charge in [0.05, 0.1) is 5.56 Å². The molecule has 0 spiro atoms. The molecule has 0 bridgehead atoms. The van der Waals surface area contributed by atoms with Gasteiger partial charge in [0.2, 0.25) is 11.8 Å². The smallest absolute Gasteiger partial charge is 0.254 e. The van der Waals surface area contributed by atoms with Crippen LogP contribution in [0.5, 0.6) is 0 Å². The van der Waals surface area contributed by atoms with E-state index in [1.807, 2.05) is 0 Å². The quantitative estimate of drug-likeness (QED) is 0.796. The number of hydrogen-bond donors (Lipinski definition) is 2. The first kappa shape index (κ1) is 13.5. The first-order chi connectivity index (χ1) is 8.97. The number of halogens is 2. The van der Waals surface area contributed by atoms with Gasteiger partial charge in [-0.15, -0.1) is 0 Å². The first-order valence-electron chi connectivity index (χ1n) is 5.57. The van der Waals surface area contributed by atoms with Crippen LogP contribution in [-0.2, 0) is 9.59 Å². The van der Waals surface area contributed by atoms with E-state index in [1.165, 1.54) is 12.1 Å². The van der Waals surface area contributed by atoms with Crippen LogP contribution < -0.4 is 10.6 Å². The minimum Gasteiger partial charge on any atom is -0.340 e. The number of nitrogens with one attached hydrogen (secondary N) is 2. The number of imide groups is 1. The summed E-state index contributed by atoms with van der Waals surface area (Å²) in [5, 5.41) is 4.66. The van der Waals surface area contributed by atoms with Crippen molar-refractivity contribution in [2.24, 2.45) is 0 Å². The van der Waals surface area contributed by atoms with Gasteiger partial charge in [-0.1, -0.05) is 11.6 Å². The highest BCUT2D eigenvalue weighted by Crippen LogP contribution is 2.15. The molecule has 0 aliphatic carbocycles. The Kier molecular flexibility index (Phi) is 3.80. The molecule has 5 nitrogen and oxygen atoms in total. The molecular weight excluding hydrogens is 275 g/mol. The monoisotopic (exact) mass is 284 g/mol. The number of carbonyl (C=O) groups is 3. The molecule has 1 heterocycles. The van der Waals surface area contributed by atoms with E-state index in [2.05, 4.69) is 10.6 Å². The number of amides is 3. The van der Waals surface area contributed by atoms with Crippen molar-refractivity contribution in [3.05, 3.63) is 34.6 Å². The minimum atomic E-state index is -0.833. The number of carbonyl (C=O) groups excluding carboxylic acids is 3. The topological polar surface area (TPSA) is 75.3 Å². The van der Waals surface area contributed by atoms with Crippen LogP contribution in [0.2, 0.25) is 5.02 Å². The van der Waals surface area contributed by atoms with E-state index in [9.17, 15) is 18.8 Å². The third kappa shape index (κ3) is 3.08. The first-order valence-corrected chi connectivity index (χ1v) is 5.95. The Bertz CT molecular complexity index is 562. The van der Waals surface area contributed by atoms with E-state index in [0.717, 1.165) is 6.07 Å². The van der Waals surface area contributed by atoms with E-state index in [0.29, 0.717) is 0 Å². The molecule has 1 aromatic rings. The zero-order valence-electron chi connectivity index (χ0n) is 9.70. The second kappa shape index (κ2) is 5.36. The maximum absolute atomic E-state index is 13.5. The summed E-state index contributed by atoms with van der Waals surface area (Å²) in [5.74, 6) is -2.45. The van der Waals surface area contributed by atoms with E-state index in [4.69, 9.17) is 11.6 Å². The van der Waals surface area contributed by atoms with Crippen molar-refractivity contribution in [3.8, 4) is 0 Å². The summed E-state index contributed by atoms with van der Waals surface area (Å²) in [6.07, 6.45) is 0.339. The van der Waals surface area contributed by atoms with Crippen LogP contribution in [-0.4, -0.2) is 23.8 Å². The zero-order valence-corrected chi connectivity index (χ0v) is 10.5. The van der Waals surface area contributed by atoms with Gasteiger partial charge in [-0.25, -0.2) is 4.39 Å². The highest BCUT2D eigenvalue weighted by molar-refractivity contribution is 6.30. The van der Waals surface area contributed by atoms with Crippen LogP contribution in [0.1, 0.15) is 23.2 Å². The second-order valence-corrected chi connectivity index (χ2v) is 4.54. The molecule has 1 aliphatic rings. The molecule has 19 heavy (non-hydrogen) atoms. The van der Waals surface area contributed by atoms with Gasteiger partial charge in [0, 0.05) is 11.4 Å². The van der Waals surface area contributed by atoms with Gasteiger partial charge in [0.25, 0.3) is 5.91 Å². The number of piperidine rings is 1. The molecule has 0 saturated carbocycles. The summed E-state index contributed by atoms with van der Waals surface area (Å²) in [6.45, 7) is 0. The molecule has 1 fully saturated rings. The number of benzene rings is 1. The fourth-order valence-corrected chi connectivity index (χ4v) is 1.90. The van der Waals surface area contributed by atoms with E-state index in [1.54, 1.807) is 0 Å². The van der Waals surface area contributed by atoms with Gasteiger partial charge in [-0.2, -0.15) is 0 Å². The van der Waals surface area contributed by atoms with Gasteiger partial charge in [-0.05, 0) is 24.6 Å². The summed E-state index contributed by atoms with van der Waals surface area (Å²) in [6, 6.07) is 2.80. The Morgan fingerprint density at radius 1 is 1.42 bits per heavy atom. The van der Waals surface area contributed by atoms with E-state index < -0.39 is 23.7 Å². The molecule has 1 aliphatic heterocycles. The largest absolute Gasteiger partial charge is 0.340 e. The summed E-state index contributed by atoms with van der Waals surface area (Å²) >= 11 is 5.58. The molecule has 3 amide bonds. The maximum Gasteiger partial charge on any atom is 0.254 e. The molecule has 7 heteroatoms. The van der Waals surface area contributed by atoms with Gasteiger partial charge in [0.1, 0.15) is 11.9 Å². The molecule has 0 aromatic heterocycles. The lowest BCUT2D eigenvalue weighted by Crippen LogP contribution is -2.52. The molecular formula is C12H10ClFN2O3. The Labute approximate surface area is 113 Å². The molecule has 2 N–H and O–H groups in total. The van der Waals surface area contributed by atoms with Gasteiger partial charge >= 0.3 is 0 Å². The van der Waals surface area contributed by atoms with Crippen LogP contribution >= 0.6 is 11.6 Å². The Hall–Kier alpha value is -1.95. The molecule has 2 rings (SSSR count). The predicted molar refractivity (Wildman–Crippen MR) is 65.0 cm³/mol. The predicted octanol–water partition coefficient (Wildman–Crippen LogP) is 1.01. The molecule has 0 radical (unpaired) electrons. The Morgan fingerprint density at radius 2 is 2.16 bits per heavy atom. The van der Waals surface area contributed by atoms with Gasteiger partial charge in [0.15, 0.2) is 0 Å². The highest BCUT2D eigenvalue weighted by atomic mass is 35.5. The van der Waals surface area contributed by atoms with Gasteiger partial charge < -0.3 is 5.32 Å². The number of rotatable bonds is 2. The van der Waals surface area contributed by atoms with Crippen LogP contribution in [0.15, 0.2) is 18.2 Å². The van der Waals surface area contributed by atoms with Crippen LogP contribution in [0.25, 0.3) is 0 Å². The average molecular weight is 285 g/mol. The van der Waals surface area contributed by atoms with Crippen molar-refractivity contribution < 1.29 is 18.8 Å². The van der Waals surface area contributed by atoms with Crippen molar-refractivity contribution in [2.75, 3.05) is 0 Å². The fourth-order valence-electron chi connectivity index (χ4n) is 1.74. The fraction of sp³-hybridized carbons (Fsp3) is 0.250. The summed E-state index contributed by atoms with van der Waals surface area (Å²) in [5.41, 5.74) is -0.200. The van der Waals surface area contributed by atoms with Crippen LogP contribution in [0, 0.1) is 5.82 Å². The second-order valence-electron chi connectivity index (χ2n) is 4.10. The molecule has 1 saturated heterocycles.